The van der Waals surface area contributed by atoms with Gasteiger partial charge in [0.05, 0.1) is 0 Å². The maximum atomic E-state index is 9.12. The molecule has 0 aromatic heterocycles. The average Bonchev–Trinajstić information content (AvgIpc) is 2.15. The van der Waals surface area contributed by atoms with Crippen LogP contribution in [-0.2, 0) is 0 Å². The Morgan fingerprint density at radius 1 is 1.00 bits per heavy atom. The molecule has 98 valence electrons. The van der Waals surface area contributed by atoms with Gasteiger partial charge in [-0.1, -0.05) is 44.8 Å². The van der Waals surface area contributed by atoms with Gasteiger partial charge in [-0.15, -0.1) is 0 Å². The summed E-state index contributed by atoms with van der Waals surface area (Å²) in [5.41, 5.74) is 4.07. The van der Waals surface area contributed by atoms with Gasteiger partial charge < -0.3 is 5.11 Å². The van der Waals surface area contributed by atoms with E-state index in [0.29, 0.717) is 0 Å². The molecule has 0 saturated carbocycles. The normalized spacial score (nSPS) is 14.7. The van der Waals surface area contributed by atoms with E-state index in [9.17, 15) is 0 Å². The van der Waals surface area contributed by atoms with E-state index < -0.39 is 5.01 Å². The minimum Gasteiger partial charge on any atom is -0.378 e. The minimum atomic E-state index is -0.509. The van der Waals surface area contributed by atoms with Gasteiger partial charge in [-0.3, -0.25) is 0 Å². The Balaban J connectivity index is 3.88. The molecule has 0 aromatic carbocycles. The second-order valence-corrected chi connectivity index (χ2v) is 5.73. The van der Waals surface area contributed by atoms with Crippen molar-refractivity contribution in [3.8, 4) is 0 Å². The first-order chi connectivity index (χ1) is 7.91. The van der Waals surface area contributed by atoms with Crippen molar-refractivity contribution in [1.82, 2.24) is 0 Å². The van der Waals surface area contributed by atoms with Crippen LogP contribution in [0.3, 0.4) is 0 Å². The van der Waals surface area contributed by atoms with Gasteiger partial charge >= 0.3 is 0 Å². The van der Waals surface area contributed by atoms with Crippen LogP contribution in [0.25, 0.3) is 0 Å². The van der Waals surface area contributed by atoms with E-state index >= 15 is 0 Å². The molecular weight excluding hydrogens is 276 g/mol. The van der Waals surface area contributed by atoms with Crippen molar-refractivity contribution in [3.05, 3.63) is 34.9 Å². The van der Waals surface area contributed by atoms with Crippen LogP contribution >= 0.6 is 15.9 Å². The minimum absolute atomic E-state index is 0.509. The number of hydrogen-bond donors (Lipinski definition) is 1. The number of rotatable bonds is 7. The molecule has 1 atom stereocenters. The van der Waals surface area contributed by atoms with Crippen molar-refractivity contribution >= 4 is 15.9 Å². The van der Waals surface area contributed by atoms with E-state index in [0.717, 1.165) is 25.7 Å². The number of aliphatic hydroxyl groups excluding tert-OH is 1. The van der Waals surface area contributed by atoms with E-state index in [1.54, 1.807) is 0 Å². The molecule has 0 radical (unpaired) electrons. The Morgan fingerprint density at radius 2 is 1.53 bits per heavy atom. The third-order valence-electron chi connectivity index (χ3n) is 2.54. The van der Waals surface area contributed by atoms with Crippen LogP contribution in [0.4, 0.5) is 0 Å². The molecule has 0 heterocycles. The highest BCUT2D eigenvalue weighted by Gasteiger charge is 1.94. The molecule has 0 amide bonds. The monoisotopic (exact) mass is 300 g/mol. The molecule has 0 aliphatic heterocycles. The molecule has 0 rings (SSSR count). The van der Waals surface area contributed by atoms with Crippen molar-refractivity contribution in [3.63, 3.8) is 0 Å². The Bertz CT molecular complexity index is 294. The summed E-state index contributed by atoms with van der Waals surface area (Å²) in [5, 5.41) is 8.61. The van der Waals surface area contributed by atoms with Gasteiger partial charge in [-0.05, 0) is 59.5 Å². The molecule has 0 aliphatic carbocycles. The molecule has 0 aromatic rings. The van der Waals surface area contributed by atoms with Gasteiger partial charge in [-0.25, -0.2) is 0 Å². The lowest BCUT2D eigenvalue weighted by Gasteiger charge is -2.02. The van der Waals surface area contributed by atoms with Gasteiger partial charge in [0.15, 0.2) is 0 Å². The quantitative estimate of drug-likeness (QED) is 0.511. The standard InChI is InChI=1S/C15H25BrO/c1-12(2)7-5-8-13(3)9-6-10-14(4)11-15(16)17/h7,9,11,15,17H,5-6,8,10H2,1-4H3/b13-9+,14-11-. The topological polar surface area (TPSA) is 20.2 Å². The van der Waals surface area contributed by atoms with Crippen LogP contribution in [0.5, 0.6) is 0 Å². The predicted octanol–water partition coefficient (Wildman–Crippen LogP) is 5.12. The predicted molar refractivity (Wildman–Crippen MR) is 80.3 cm³/mol. The van der Waals surface area contributed by atoms with E-state index in [-0.39, 0.29) is 0 Å². The Labute approximate surface area is 114 Å². The Morgan fingerprint density at radius 3 is 2.06 bits per heavy atom. The fraction of sp³-hybridized carbons (Fsp3) is 0.600. The summed E-state index contributed by atoms with van der Waals surface area (Å²) in [4.78, 5) is 0. The Kier molecular flexibility index (Phi) is 9.47. The van der Waals surface area contributed by atoms with E-state index in [2.05, 4.69) is 55.8 Å². The van der Waals surface area contributed by atoms with Gasteiger partial charge in [-0.2, -0.15) is 0 Å². The summed E-state index contributed by atoms with van der Waals surface area (Å²) in [6.07, 6.45) is 10.8. The van der Waals surface area contributed by atoms with Crippen LogP contribution in [0.15, 0.2) is 34.9 Å². The fourth-order valence-electron chi connectivity index (χ4n) is 1.55. The van der Waals surface area contributed by atoms with Crippen LogP contribution in [0.1, 0.15) is 53.4 Å². The SMILES string of the molecule is CC(C)=CCC/C(C)=C/CC/C(C)=C\C(O)Br. The van der Waals surface area contributed by atoms with Crippen molar-refractivity contribution in [2.75, 3.05) is 0 Å². The maximum absolute atomic E-state index is 9.12. The first kappa shape index (κ1) is 16.7. The van der Waals surface area contributed by atoms with Crippen molar-refractivity contribution in [2.45, 2.75) is 58.4 Å². The number of aliphatic hydroxyl groups is 1. The van der Waals surface area contributed by atoms with E-state index in [1.165, 1.54) is 16.7 Å². The third-order valence-corrected chi connectivity index (χ3v) is 2.81. The molecule has 1 N–H and O–H groups in total. The highest BCUT2D eigenvalue weighted by atomic mass is 79.9. The number of hydrogen-bond acceptors (Lipinski definition) is 1. The molecule has 17 heavy (non-hydrogen) atoms. The number of halogens is 1. The smallest absolute Gasteiger partial charge is 0.127 e. The Hall–Kier alpha value is -0.340. The van der Waals surface area contributed by atoms with Gasteiger partial charge in [0.25, 0.3) is 0 Å². The summed E-state index contributed by atoms with van der Waals surface area (Å²) in [7, 11) is 0. The molecular formula is C15H25BrO. The molecule has 0 aliphatic rings. The fourth-order valence-corrected chi connectivity index (χ4v) is 2.01. The molecule has 0 fully saturated rings. The van der Waals surface area contributed by atoms with E-state index in [1.807, 2.05) is 6.08 Å². The van der Waals surface area contributed by atoms with Crippen LogP contribution < -0.4 is 0 Å². The summed E-state index contributed by atoms with van der Waals surface area (Å²) >= 11 is 3.10. The molecule has 1 unspecified atom stereocenters. The van der Waals surface area contributed by atoms with Crippen molar-refractivity contribution in [2.24, 2.45) is 0 Å². The van der Waals surface area contributed by atoms with Gasteiger partial charge in [0.2, 0.25) is 0 Å². The summed E-state index contributed by atoms with van der Waals surface area (Å²) in [6.45, 7) is 8.52. The van der Waals surface area contributed by atoms with Gasteiger partial charge in [0, 0.05) is 0 Å². The highest BCUT2D eigenvalue weighted by Crippen LogP contribution is 2.12. The maximum Gasteiger partial charge on any atom is 0.127 e. The largest absolute Gasteiger partial charge is 0.378 e. The highest BCUT2D eigenvalue weighted by molar-refractivity contribution is 9.09. The molecule has 0 saturated heterocycles. The van der Waals surface area contributed by atoms with E-state index in [4.69, 9.17) is 5.11 Å². The molecule has 0 bridgehead atoms. The zero-order valence-corrected chi connectivity index (χ0v) is 13.0. The van der Waals surface area contributed by atoms with Crippen LogP contribution in [-0.4, -0.2) is 10.1 Å². The first-order valence-electron chi connectivity index (χ1n) is 6.20. The number of alkyl halides is 1. The van der Waals surface area contributed by atoms with Crippen molar-refractivity contribution in [1.29, 1.82) is 0 Å². The number of allylic oxidation sites excluding steroid dienone is 5. The second kappa shape index (κ2) is 9.67. The average molecular weight is 301 g/mol. The molecule has 2 heteroatoms. The summed E-state index contributed by atoms with van der Waals surface area (Å²) in [5.74, 6) is 0. The zero-order chi connectivity index (χ0) is 13.3. The summed E-state index contributed by atoms with van der Waals surface area (Å²) < 4.78 is 0. The van der Waals surface area contributed by atoms with Crippen LogP contribution in [0.2, 0.25) is 0 Å². The summed E-state index contributed by atoms with van der Waals surface area (Å²) in [6, 6.07) is 0. The third kappa shape index (κ3) is 11.9. The van der Waals surface area contributed by atoms with Gasteiger partial charge in [0.1, 0.15) is 5.01 Å². The zero-order valence-electron chi connectivity index (χ0n) is 11.5. The lowest BCUT2D eigenvalue weighted by atomic mass is 10.1. The lowest BCUT2D eigenvalue weighted by molar-refractivity contribution is 0.315. The van der Waals surface area contributed by atoms with Crippen LogP contribution in [0, 0.1) is 0 Å². The first-order valence-corrected chi connectivity index (χ1v) is 7.12. The van der Waals surface area contributed by atoms with Crippen molar-refractivity contribution < 1.29 is 5.11 Å². The molecule has 1 nitrogen and oxygen atoms in total. The molecule has 0 spiro atoms. The lowest BCUT2D eigenvalue weighted by Crippen LogP contribution is -1.90. The second-order valence-electron chi connectivity index (χ2n) is 4.79.